The molecule has 5 nitrogen and oxygen atoms in total. The minimum Gasteiger partial charge on any atom is -0.481 e. The average Bonchev–Trinajstić information content (AvgIpc) is 2.85. The second kappa shape index (κ2) is 4.47. The van der Waals surface area contributed by atoms with Gasteiger partial charge in [0, 0.05) is 6.04 Å². The molecule has 4 atom stereocenters. The molecular formula is C14H22N2O3. The predicted octanol–water partition coefficient (Wildman–Crippen LogP) is 0.873. The number of carbonyl (C=O) groups excluding carboxylic acids is 1. The van der Waals surface area contributed by atoms with E-state index in [2.05, 4.69) is 5.32 Å². The lowest BCUT2D eigenvalue weighted by molar-refractivity contribution is -0.141. The van der Waals surface area contributed by atoms with Crippen molar-refractivity contribution in [1.82, 2.24) is 5.32 Å². The number of carboxylic acids is 1. The fraction of sp³-hybridized carbons (Fsp3) is 0.857. The largest absolute Gasteiger partial charge is 0.481 e. The van der Waals surface area contributed by atoms with E-state index in [1.165, 1.54) is 0 Å². The third-order valence-electron chi connectivity index (χ3n) is 5.47. The molecule has 4 unspecified atom stereocenters. The van der Waals surface area contributed by atoms with Crippen LogP contribution in [0.1, 0.15) is 44.9 Å². The Labute approximate surface area is 112 Å². The van der Waals surface area contributed by atoms with Crippen LogP contribution in [0, 0.1) is 17.8 Å². The van der Waals surface area contributed by atoms with Gasteiger partial charge in [0.1, 0.15) is 0 Å². The summed E-state index contributed by atoms with van der Waals surface area (Å²) >= 11 is 0. The standard InChI is InChI=1S/C14H22N2O3/c15-12-9-3-2-8(6-9)11(12)13(19)16-14(4-1-5-14)7-10(17)18/h8-9,11-12H,1-7,15H2,(H,16,19)(H,17,18). The molecule has 0 saturated heterocycles. The van der Waals surface area contributed by atoms with E-state index >= 15 is 0 Å². The Morgan fingerprint density at radius 1 is 1.26 bits per heavy atom. The second-order valence-corrected chi connectivity index (χ2v) is 6.63. The highest BCUT2D eigenvalue weighted by Gasteiger charge is 2.51. The molecule has 0 radical (unpaired) electrons. The van der Waals surface area contributed by atoms with Crippen molar-refractivity contribution in [3.8, 4) is 0 Å². The first-order valence-electron chi connectivity index (χ1n) is 7.30. The van der Waals surface area contributed by atoms with E-state index in [-0.39, 0.29) is 24.3 Å². The van der Waals surface area contributed by atoms with E-state index in [1.54, 1.807) is 0 Å². The summed E-state index contributed by atoms with van der Waals surface area (Å²) in [4.78, 5) is 23.4. The maximum atomic E-state index is 12.5. The van der Waals surface area contributed by atoms with Crippen molar-refractivity contribution in [2.45, 2.75) is 56.5 Å². The highest BCUT2D eigenvalue weighted by Crippen LogP contribution is 2.48. The SMILES string of the molecule is NC1C2CCC(C2)C1C(=O)NC1(CC(=O)O)CCC1. The van der Waals surface area contributed by atoms with Crippen LogP contribution in [0.3, 0.4) is 0 Å². The van der Waals surface area contributed by atoms with Crippen molar-refractivity contribution in [2.24, 2.45) is 23.5 Å². The van der Waals surface area contributed by atoms with Gasteiger partial charge in [-0.05, 0) is 50.4 Å². The Morgan fingerprint density at radius 3 is 2.42 bits per heavy atom. The number of aliphatic carboxylic acids is 1. The molecule has 0 spiro atoms. The molecular weight excluding hydrogens is 244 g/mol. The van der Waals surface area contributed by atoms with Gasteiger partial charge < -0.3 is 16.2 Å². The summed E-state index contributed by atoms with van der Waals surface area (Å²) in [7, 11) is 0. The Kier molecular flexibility index (Phi) is 3.04. The topological polar surface area (TPSA) is 92.4 Å². The van der Waals surface area contributed by atoms with Crippen LogP contribution in [-0.2, 0) is 9.59 Å². The van der Waals surface area contributed by atoms with E-state index in [9.17, 15) is 9.59 Å². The van der Waals surface area contributed by atoms with Crippen LogP contribution in [-0.4, -0.2) is 28.6 Å². The van der Waals surface area contributed by atoms with Crippen molar-refractivity contribution < 1.29 is 14.7 Å². The predicted molar refractivity (Wildman–Crippen MR) is 69.3 cm³/mol. The van der Waals surface area contributed by atoms with Crippen molar-refractivity contribution in [3.63, 3.8) is 0 Å². The van der Waals surface area contributed by atoms with Crippen molar-refractivity contribution in [1.29, 1.82) is 0 Å². The molecule has 2 bridgehead atoms. The molecule has 3 aliphatic carbocycles. The zero-order chi connectivity index (χ0) is 13.6. The van der Waals surface area contributed by atoms with Crippen LogP contribution in [0.2, 0.25) is 0 Å². The minimum absolute atomic E-state index is 0.000602. The maximum Gasteiger partial charge on any atom is 0.305 e. The third-order valence-corrected chi connectivity index (χ3v) is 5.47. The van der Waals surface area contributed by atoms with Crippen molar-refractivity contribution >= 4 is 11.9 Å². The maximum absolute atomic E-state index is 12.5. The average molecular weight is 266 g/mol. The Hall–Kier alpha value is -1.10. The summed E-state index contributed by atoms with van der Waals surface area (Å²) in [5, 5.41) is 12.0. The highest BCUT2D eigenvalue weighted by molar-refractivity contribution is 5.82. The molecule has 1 amide bonds. The van der Waals surface area contributed by atoms with Gasteiger partial charge in [0.15, 0.2) is 0 Å². The Bertz CT molecular complexity index is 403. The molecule has 5 heteroatoms. The van der Waals surface area contributed by atoms with Gasteiger partial charge in [-0.15, -0.1) is 0 Å². The van der Waals surface area contributed by atoms with Crippen LogP contribution in [0.4, 0.5) is 0 Å². The zero-order valence-corrected chi connectivity index (χ0v) is 11.1. The molecule has 0 aliphatic heterocycles. The molecule has 3 aliphatic rings. The van der Waals surface area contributed by atoms with E-state index in [1.807, 2.05) is 0 Å². The first kappa shape index (κ1) is 12.9. The first-order valence-corrected chi connectivity index (χ1v) is 7.30. The highest BCUT2D eigenvalue weighted by atomic mass is 16.4. The number of hydrogen-bond acceptors (Lipinski definition) is 3. The lowest BCUT2D eigenvalue weighted by Gasteiger charge is -2.43. The molecule has 3 saturated carbocycles. The summed E-state index contributed by atoms with van der Waals surface area (Å²) in [6.07, 6.45) is 5.91. The summed E-state index contributed by atoms with van der Waals surface area (Å²) in [6, 6.07) is -0.0271. The van der Waals surface area contributed by atoms with E-state index < -0.39 is 11.5 Å². The van der Waals surface area contributed by atoms with Gasteiger partial charge >= 0.3 is 5.97 Å². The van der Waals surface area contributed by atoms with Gasteiger partial charge in [-0.2, -0.15) is 0 Å². The molecule has 0 aromatic carbocycles. The Morgan fingerprint density at radius 2 is 1.95 bits per heavy atom. The number of nitrogens with one attached hydrogen (secondary N) is 1. The van der Waals surface area contributed by atoms with E-state index in [0.29, 0.717) is 11.8 Å². The summed E-state index contributed by atoms with van der Waals surface area (Å²) in [5.74, 6) is -0.0116. The molecule has 0 aromatic heterocycles. The van der Waals surface area contributed by atoms with E-state index in [0.717, 1.165) is 38.5 Å². The smallest absolute Gasteiger partial charge is 0.305 e. The first-order chi connectivity index (χ1) is 9.01. The number of nitrogens with two attached hydrogens (primary N) is 1. The van der Waals surface area contributed by atoms with Crippen LogP contribution in [0.5, 0.6) is 0 Å². The van der Waals surface area contributed by atoms with Gasteiger partial charge in [-0.25, -0.2) is 0 Å². The van der Waals surface area contributed by atoms with Gasteiger partial charge in [-0.3, -0.25) is 9.59 Å². The van der Waals surface area contributed by atoms with Gasteiger partial charge in [0.2, 0.25) is 5.91 Å². The summed E-state index contributed by atoms with van der Waals surface area (Å²) < 4.78 is 0. The van der Waals surface area contributed by atoms with Crippen LogP contribution in [0.25, 0.3) is 0 Å². The third kappa shape index (κ3) is 2.14. The van der Waals surface area contributed by atoms with Gasteiger partial charge in [-0.1, -0.05) is 0 Å². The number of rotatable bonds is 4. The molecule has 19 heavy (non-hydrogen) atoms. The zero-order valence-electron chi connectivity index (χ0n) is 11.1. The molecule has 106 valence electrons. The number of amides is 1. The lowest BCUT2D eigenvalue weighted by Crippen LogP contribution is -2.58. The van der Waals surface area contributed by atoms with Gasteiger partial charge in [0.25, 0.3) is 0 Å². The summed E-state index contributed by atoms with van der Waals surface area (Å²) in [6.45, 7) is 0. The molecule has 3 fully saturated rings. The molecule has 4 N–H and O–H groups in total. The second-order valence-electron chi connectivity index (χ2n) is 6.63. The fourth-order valence-electron chi connectivity index (χ4n) is 4.31. The normalized spacial score (nSPS) is 38.8. The van der Waals surface area contributed by atoms with E-state index in [4.69, 9.17) is 10.8 Å². The van der Waals surface area contributed by atoms with Crippen LogP contribution < -0.4 is 11.1 Å². The lowest BCUT2D eigenvalue weighted by atomic mass is 9.73. The fourth-order valence-corrected chi connectivity index (χ4v) is 4.31. The summed E-state index contributed by atoms with van der Waals surface area (Å²) in [5.41, 5.74) is 5.67. The van der Waals surface area contributed by atoms with Crippen LogP contribution >= 0.6 is 0 Å². The Balaban J connectivity index is 1.66. The quantitative estimate of drug-likeness (QED) is 0.704. The number of carboxylic acid groups (broad SMARTS) is 1. The molecule has 0 aromatic rings. The van der Waals surface area contributed by atoms with Gasteiger partial charge in [0.05, 0.1) is 17.9 Å². The molecule has 0 heterocycles. The van der Waals surface area contributed by atoms with Crippen molar-refractivity contribution in [3.05, 3.63) is 0 Å². The minimum atomic E-state index is -0.836. The number of fused-ring (bicyclic) bond motifs is 2. The number of hydrogen-bond donors (Lipinski definition) is 3. The van der Waals surface area contributed by atoms with Crippen LogP contribution in [0.15, 0.2) is 0 Å². The molecule has 3 rings (SSSR count). The monoisotopic (exact) mass is 266 g/mol. The van der Waals surface area contributed by atoms with Crippen molar-refractivity contribution in [2.75, 3.05) is 0 Å². The number of carbonyl (C=O) groups is 2.